The molecule has 0 spiro atoms. The van der Waals surface area contributed by atoms with Crippen LogP contribution in [-0.2, 0) is 11.2 Å². The maximum atomic E-state index is 12.6. The Morgan fingerprint density at radius 2 is 1.64 bits per heavy atom. The number of ketones is 1. The van der Waals surface area contributed by atoms with Crippen LogP contribution in [0.25, 0.3) is 0 Å². The molecule has 4 heteroatoms. The second-order valence-corrected chi connectivity index (χ2v) is 8.41. The molecule has 3 aliphatic rings. The van der Waals surface area contributed by atoms with Gasteiger partial charge >= 0.3 is 0 Å². The van der Waals surface area contributed by atoms with Gasteiger partial charge < -0.3 is 5.11 Å². The quantitative estimate of drug-likeness (QED) is 0.654. The molecule has 2 saturated carbocycles. The molecule has 25 heavy (non-hydrogen) atoms. The number of benzene rings is 1. The molecule has 3 aliphatic carbocycles. The molecule has 0 unspecified atom stereocenters. The summed E-state index contributed by atoms with van der Waals surface area (Å²) in [5, 5.41) is 11.5. The van der Waals surface area contributed by atoms with E-state index in [1.807, 2.05) is 6.92 Å². The Kier molecular flexibility index (Phi) is 4.45. The summed E-state index contributed by atoms with van der Waals surface area (Å²) in [6.07, 6.45) is 6.31. The van der Waals surface area contributed by atoms with Gasteiger partial charge in [-0.2, -0.15) is 0 Å². The molecule has 0 atom stereocenters. The molecule has 2 fully saturated rings. The molecule has 0 heterocycles. The number of halogens is 2. The first-order chi connectivity index (χ1) is 12.0. The Bertz CT molecular complexity index is 778. The fraction of sp³-hybridized carbons (Fsp3) is 0.476. The summed E-state index contributed by atoms with van der Waals surface area (Å²) >= 11 is 12.3. The first-order valence-electron chi connectivity index (χ1n) is 9.08. The average Bonchev–Trinajstić information content (AvgIpc) is 3.48. The van der Waals surface area contributed by atoms with E-state index in [1.54, 1.807) is 0 Å². The summed E-state index contributed by atoms with van der Waals surface area (Å²) < 4.78 is 0. The van der Waals surface area contributed by atoms with Crippen LogP contribution in [0, 0.1) is 0 Å². The van der Waals surface area contributed by atoms with Gasteiger partial charge in [-0.15, -0.1) is 0 Å². The second kappa shape index (κ2) is 6.48. The molecule has 0 aliphatic heterocycles. The molecule has 0 radical (unpaired) electrons. The summed E-state index contributed by atoms with van der Waals surface area (Å²) in [6.45, 7) is 1.91. The van der Waals surface area contributed by atoms with Gasteiger partial charge in [-0.25, -0.2) is 0 Å². The third kappa shape index (κ3) is 3.39. The topological polar surface area (TPSA) is 37.3 Å². The number of carbonyl (C=O) groups excluding carboxylic acids is 1. The Labute approximate surface area is 158 Å². The smallest absolute Gasteiger partial charge is 0.161 e. The SMILES string of the molecule is CC1=C(Cl)C(Cl)=C(C(=O)CCc2cc(C3CC3)c(O)c(C3CC3)c2)C1. The van der Waals surface area contributed by atoms with Gasteiger partial charge in [0.25, 0.3) is 0 Å². The van der Waals surface area contributed by atoms with Crippen LogP contribution in [0.1, 0.15) is 74.0 Å². The Hall–Kier alpha value is -1.25. The van der Waals surface area contributed by atoms with Crippen LogP contribution in [0.4, 0.5) is 0 Å². The number of phenolic OH excluding ortho intramolecular Hbond substituents is 1. The van der Waals surface area contributed by atoms with Gasteiger partial charge in [-0.05, 0) is 79.5 Å². The number of hydrogen-bond donors (Lipinski definition) is 1. The van der Waals surface area contributed by atoms with E-state index in [0.29, 0.717) is 52.5 Å². The second-order valence-electron chi connectivity index (χ2n) is 7.66. The summed E-state index contributed by atoms with van der Waals surface area (Å²) in [4.78, 5) is 12.6. The van der Waals surface area contributed by atoms with Crippen molar-refractivity contribution in [2.45, 2.75) is 63.7 Å². The highest BCUT2D eigenvalue weighted by Crippen LogP contribution is 2.51. The van der Waals surface area contributed by atoms with Gasteiger partial charge in [0.2, 0.25) is 0 Å². The number of aryl methyl sites for hydroxylation is 1. The maximum Gasteiger partial charge on any atom is 0.161 e. The lowest BCUT2D eigenvalue weighted by Crippen LogP contribution is -2.05. The van der Waals surface area contributed by atoms with E-state index in [4.69, 9.17) is 23.2 Å². The van der Waals surface area contributed by atoms with Crippen LogP contribution >= 0.6 is 23.2 Å². The summed E-state index contributed by atoms with van der Waals surface area (Å²) in [7, 11) is 0. The summed E-state index contributed by atoms with van der Waals surface area (Å²) in [5.74, 6) is 1.60. The van der Waals surface area contributed by atoms with Gasteiger partial charge in [0.05, 0.1) is 10.1 Å². The number of aromatic hydroxyl groups is 1. The van der Waals surface area contributed by atoms with Crippen LogP contribution in [0.3, 0.4) is 0 Å². The minimum atomic E-state index is 0.0778. The van der Waals surface area contributed by atoms with E-state index in [2.05, 4.69) is 12.1 Å². The van der Waals surface area contributed by atoms with Crippen LogP contribution < -0.4 is 0 Å². The third-order valence-electron chi connectivity index (χ3n) is 5.51. The molecule has 4 rings (SSSR count). The van der Waals surface area contributed by atoms with Crippen LogP contribution in [0.5, 0.6) is 5.75 Å². The van der Waals surface area contributed by atoms with Crippen molar-refractivity contribution in [2.75, 3.05) is 0 Å². The summed E-state index contributed by atoms with van der Waals surface area (Å²) in [6, 6.07) is 4.21. The molecule has 1 aromatic rings. The zero-order valence-corrected chi connectivity index (χ0v) is 15.9. The van der Waals surface area contributed by atoms with Gasteiger partial charge in [-0.3, -0.25) is 4.79 Å². The molecule has 0 saturated heterocycles. The molecular formula is C21H22Cl2O2. The summed E-state index contributed by atoms with van der Waals surface area (Å²) in [5.41, 5.74) is 4.94. The van der Waals surface area contributed by atoms with Crippen molar-refractivity contribution >= 4 is 29.0 Å². The molecule has 2 nitrogen and oxygen atoms in total. The number of carbonyl (C=O) groups is 1. The van der Waals surface area contributed by atoms with Crippen molar-refractivity contribution < 1.29 is 9.90 Å². The van der Waals surface area contributed by atoms with Crippen LogP contribution in [-0.4, -0.2) is 10.9 Å². The zero-order chi connectivity index (χ0) is 17.7. The molecule has 1 N–H and O–H groups in total. The normalized spacial score (nSPS) is 20.6. The molecule has 0 bridgehead atoms. The van der Waals surface area contributed by atoms with Crippen molar-refractivity contribution in [3.8, 4) is 5.75 Å². The maximum absolute atomic E-state index is 12.6. The zero-order valence-electron chi connectivity index (χ0n) is 14.4. The largest absolute Gasteiger partial charge is 0.507 e. The first-order valence-corrected chi connectivity index (χ1v) is 9.84. The van der Waals surface area contributed by atoms with Crippen LogP contribution in [0.2, 0.25) is 0 Å². The first kappa shape index (κ1) is 17.2. The Morgan fingerprint density at radius 3 is 2.08 bits per heavy atom. The van der Waals surface area contributed by atoms with Gasteiger partial charge in [0.15, 0.2) is 5.78 Å². The number of phenols is 1. The Morgan fingerprint density at radius 1 is 1.08 bits per heavy atom. The number of rotatable bonds is 6. The molecule has 0 amide bonds. The van der Waals surface area contributed by atoms with E-state index in [0.717, 1.165) is 47.9 Å². The van der Waals surface area contributed by atoms with Crippen molar-refractivity contribution in [1.29, 1.82) is 0 Å². The highest BCUT2D eigenvalue weighted by molar-refractivity contribution is 6.46. The van der Waals surface area contributed by atoms with E-state index < -0.39 is 0 Å². The predicted molar refractivity (Wildman–Crippen MR) is 101 cm³/mol. The van der Waals surface area contributed by atoms with E-state index >= 15 is 0 Å². The lowest BCUT2D eigenvalue weighted by atomic mass is 9.94. The lowest BCUT2D eigenvalue weighted by Gasteiger charge is -2.13. The number of Topliss-reactive ketones (excluding diaryl/α,β-unsaturated/α-hetero) is 1. The van der Waals surface area contributed by atoms with E-state index in [-0.39, 0.29) is 5.78 Å². The fourth-order valence-corrected chi connectivity index (χ4v) is 4.18. The van der Waals surface area contributed by atoms with Crippen molar-refractivity contribution in [2.24, 2.45) is 0 Å². The van der Waals surface area contributed by atoms with Crippen LogP contribution in [0.15, 0.2) is 33.3 Å². The standard InChI is InChI=1S/C21H22Cl2O2/c1-11-8-17(20(23)19(11)22)18(24)7-2-12-9-15(13-3-4-13)21(25)16(10-12)14-5-6-14/h9-10,13-14,25H,2-8H2,1H3. The minimum Gasteiger partial charge on any atom is -0.507 e. The van der Waals surface area contributed by atoms with E-state index in [1.165, 1.54) is 0 Å². The van der Waals surface area contributed by atoms with Crippen molar-refractivity contribution in [1.82, 2.24) is 0 Å². The molecular weight excluding hydrogens is 355 g/mol. The number of hydrogen-bond acceptors (Lipinski definition) is 2. The molecule has 132 valence electrons. The van der Waals surface area contributed by atoms with Crippen molar-refractivity contribution in [3.05, 3.63) is 50.0 Å². The molecule has 1 aromatic carbocycles. The average molecular weight is 377 g/mol. The van der Waals surface area contributed by atoms with E-state index in [9.17, 15) is 9.90 Å². The van der Waals surface area contributed by atoms with Crippen molar-refractivity contribution in [3.63, 3.8) is 0 Å². The van der Waals surface area contributed by atoms with Gasteiger partial charge in [0, 0.05) is 12.0 Å². The van der Waals surface area contributed by atoms with Gasteiger partial charge in [0.1, 0.15) is 5.75 Å². The lowest BCUT2D eigenvalue weighted by molar-refractivity contribution is -0.115. The highest BCUT2D eigenvalue weighted by atomic mass is 35.5. The third-order valence-corrected chi connectivity index (χ3v) is 6.54. The van der Waals surface area contributed by atoms with Gasteiger partial charge in [-0.1, -0.05) is 35.3 Å². The molecule has 0 aromatic heterocycles. The number of allylic oxidation sites excluding steroid dienone is 4. The minimum absolute atomic E-state index is 0.0778. The predicted octanol–water partition coefficient (Wildman–Crippen LogP) is 6.06. The Balaban J connectivity index is 1.51. The fourth-order valence-electron chi connectivity index (χ4n) is 3.67. The highest BCUT2D eigenvalue weighted by Gasteiger charge is 2.33. The monoisotopic (exact) mass is 376 g/mol.